The molecule has 1 aromatic rings. The second-order valence-corrected chi connectivity index (χ2v) is 4.66. The Hall–Kier alpha value is -0.760. The third-order valence-electron chi connectivity index (χ3n) is 2.87. The van der Waals surface area contributed by atoms with Gasteiger partial charge in [0.1, 0.15) is 5.78 Å². The van der Waals surface area contributed by atoms with E-state index in [1.807, 2.05) is 12.3 Å². The van der Waals surface area contributed by atoms with Gasteiger partial charge in [-0.3, -0.25) is 4.79 Å². The topological polar surface area (TPSA) is 17.1 Å². The Morgan fingerprint density at radius 2 is 2.00 bits per heavy atom. The molecule has 0 aromatic heterocycles. The molecule has 1 aliphatic rings. The zero-order chi connectivity index (χ0) is 9.97. The number of carbonyl (C=O) groups excluding carboxylic acids is 1. The summed E-state index contributed by atoms with van der Waals surface area (Å²) in [5, 5.41) is 0.192. The molecule has 2 unspecified atom stereocenters. The first kappa shape index (κ1) is 9.78. The molecule has 1 fully saturated rings. The van der Waals surface area contributed by atoms with Gasteiger partial charge >= 0.3 is 0 Å². The minimum Gasteiger partial charge on any atom is -0.298 e. The molecule has 1 nitrogen and oxygen atoms in total. The second kappa shape index (κ2) is 4.18. The summed E-state index contributed by atoms with van der Waals surface area (Å²) in [6.45, 7) is 0. The summed E-state index contributed by atoms with van der Waals surface area (Å²) >= 11 is 1.69. The van der Waals surface area contributed by atoms with Gasteiger partial charge in [-0.25, -0.2) is 0 Å². The van der Waals surface area contributed by atoms with Gasteiger partial charge in [-0.1, -0.05) is 30.3 Å². The zero-order valence-electron chi connectivity index (χ0n) is 8.27. The highest BCUT2D eigenvalue weighted by Crippen LogP contribution is 2.38. The summed E-state index contributed by atoms with van der Waals surface area (Å²) in [5.41, 5.74) is 1.32. The molecule has 0 bridgehead atoms. The smallest absolute Gasteiger partial charge is 0.146 e. The number of Topliss-reactive ketones (excluding diaryl/α,β-unsaturated/α-hetero) is 1. The maximum absolute atomic E-state index is 11.6. The van der Waals surface area contributed by atoms with Gasteiger partial charge in [-0.05, 0) is 18.2 Å². The normalized spacial score (nSPS) is 26.8. The van der Waals surface area contributed by atoms with Crippen molar-refractivity contribution in [2.24, 2.45) is 0 Å². The van der Waals surface area contributed by atoms with Crippen LogP contribution in [0.2, 0.25) is 0 Å². The van der Waals surface area contributed by atoms with Crippen molar-refractivity contribution in [3.05, 3.63) is 35.9 Å². The van der Waals surface area contributed by atoms with Gasteiger partial charge < -0.3 is 0 Å². The standard InChI is InChI=1S/C12H14OS/c1-14-12-10(7-8-11(12)13)9-5-3-2-4-6-9/h2-6,10,12H,7-8H2,1H3. The van der Waals surface area contributed by atoms with Crippen LogP contribution in [0.15, 0.2) is 30.3 Å². The van der Waals surface area contributed by atoms with Gasteiger partial charge in [-0.2, -0.15) is 11.8 Å². The second-order valence-electron chi connectivity index (χ2n) is 3.68. The Kier molecular flexibility index (Phi) is 2.92. The lowest BCUT2D eigenvalue weighted by Gasteiger charge is -2.16. The van der Waals surface area contributed by atoms with E-state index in [0.29, 0.717) is 11.7 Å². The predicted octanol–water partition coefficient (Wildman–Crippen LogP) is 2.86. The van der Waals surface area contributed by atoms with Gasteiger partial charge in [0.05, 0.1) is 5.25 Å². The lowest BCUT2D eigenvalue weighted by Crippen LogP contribution is -2.15. The van der Waals surface area contributed by atoms with E-state index in [9.17, 15) is 4.79 Å². The Labute approximate surface area is 88.9 Å². The fourth-order valence-corrected chi connectivity index (χ4v) is 3.16. The average Bonchev–Trinajstić information content (AvgIpc) is 2.61. The molecule has 2 rings (SSSR count). The third kappa shape index (κ3) is 1.71. The number of benzene rings is 1. The summed E-state index contributed by atoms with van der Waals surface area (Å²) < 4.78 is 0. The lowest BCUT2D eigenvalue weighted by atomic mass is 9.97. The van der Waals surface area contributed by atoms with Gasteiger partial charge in [0, 0.05) is 12.3 Å². The van der Waals surface area contributed by atoms with Crippen LogP contribution in [0.25, 0.3) is 0 Å². The SMILES string of the molecule is CSC1C(=O)CCC1c1ccccc1. The van der Waals surface area contributed by atoms with Gasteiger partial charge in [0.15, 0.2) is 0 Å². The molecule has 0 saturated heterocycles. The fourth-order valence-electron chi connectivity index (χ4n) is 2.15. The summed E-state index contributed by atoms with van der Waals surface area (Å²) in [5.74, 6) is 0.866. The summed E-state index contributed by atoms with van der Waals surface area (Å²) in [4.78, 5) is 11.6. The van der Waals surface area contributed by atoms with Crippen LogP contribution in [0.4, 0.5) is 0 Å². The van der Waals surface area contributed by atoms with Crippen molar-refractivity contribution in [3.8, 4) is 0 Å². The number of hydrogen-bond donors (Lipinski definition) is 0. The van der Waals surface area contributed by atoms with Crippen molar-refractivity contribution in [2.75, 3.05) is 6.26 Å². The maximum atomic E-state index is 11.6. The number of rotatable bonds is 2. The molecule has 2 atom stereocenters. The molecule has 2 heteroatoms. The monoisotopic (exact) mass is 206 g/mol. The van der Waals surface area contributed by atoms with Crippen LogP contribution in [0.3, 0.4) is 0 Å². The molecular weight excluding hydrogens is 192 g/mol. The molecule has 0 spiro atoms. The molecule has 1 aliphatic carbocycles. The quantitative estimate of drug-likeness (QED) is 0.740. The van der Waals surface area contributed by atoms with Crippen molar-refractivity contribution in [1.29, 1.82) is 0 Å². The predicted molar refractivity (Wildman–Crippen MR) is 60.7 cm³/mol. The molecule has 0 amide bonds. The van der Waals surface area contributed by atoms with Crippen LogP contribution >= 0.6 is 11.8 Å². The summed E-state index contributed by atoms with van der Waals surface area (Å²) in [7, 11) is 0. The molecule has 14 heavy (non-hydrogen) atoms. The first-order valence-electron chi connectivity index (χ1n) is 4.93. The van der Waals surface area contributed by atoms with Crippen LogP contribution in [0.1, 0.15) is 24.3 Å². The largest absolute Gasteiger partial charge is 0.298 e. The maximum Gasteiger partial charge on any atom is 0.146 e. The molecule has 0 aliphatic heterocycles. The number of hydrogen-bond acceptors (Lipinski definition) is 2. The first-order valence-corrected chi connectivity index (χ1v) is 6.22. The van der Waals surface area contributed by atoms with Gasteiger partial charge in [-0.15, -0.1) is 0 Å². The van der Waals surface area contributed by atoms with Crippen molar-refractivity contribution >= 4 is 17.5 Å². The molecule has 0 heterocycles. The fraction of sp³-hybridized carbons (Fsp3) is 0.417. The van der Waals surface area contributed by atoms with Crippen LogP contribution in [0.5, 0.6) is 0 Å². The van der Waals surface area contributed by atoms with E-state index in [1.165, 1.54) is 5.56 Å². The van der Waals surface area contributed by atoms with Crippen LogP contribution in [-0.4, -0.2) is 17.3 Å². The average molecular weight is 206 g/mol. The van der Waals surface area contributed by atoms with Gasteiger partial charge in [0.25, 0.3) is 0 Å². The van der Waals surface area contributed by atoms with Crippen molar-refractivity contribution in [1.82, 2.24) is 0 Å². The van der Waals surface area contributed by atoms with E-state index in [0.717, 1.165) is 12.8 Å². The van der Waals surface area contributed by atoms with Gasteiger partial charge in [0.2, 0.25) is 0 Å². The highest BCUT2D eigenvalue weighted by molar-refractivity contribution is 8.00. The van der Waals surface area contributed by atoms with E-state index in [2.05, 4.69) is 24.3 Å². The molecule has 0 radical (unpaired) electrons. The summed E-state index contributed by atoms with van der Waals surface area (Å²) in [6, 6.07) is 10.4. The summed E-state index contributed by atoms with van der Waals surface area (Å²) in [6.07, 6.45) is 3.81. The minimum absolute atomic E-state index is 0.192. The van der Waals surface area contributed by atoms with Crippen molar-refractivity contribution in [3.63, 3.8) is 0 Å². The minimum atomic E-state index is 0.192. The van der Waals surface area contributed by atoms with E-state index in [-0.39, 0.29) is 5.25 Å². The highest BCUT2D eigenvalue weighted by atomic mass is 32.2. The van der Waals surface area contributed by atoms with E-state index >= 15 is 0 Å². The van der Waals surface area contributed by atoms with Crippen LogP contribution < -0.4 is 0 Å². The third-order valence-corrected chi connectivity index (χ3v) is 3.97. The molecule has 0 N–H and O–H groups in total. The Balaban J connectivity index is 2.23. The molecular formula is C12H14OS. The first-order chi connectivity index (χ1) is 6.83. The van der Waals surface area contributed by atoms with Crippen molar-refractivity contribution in [2.45, 2.75) is 24.0 Å². The molecule has 74 valence electrons. The van der Waals surface area contributed by atoms with E-state index in [1.54, 1.807) is 11.8 Å². The van der Waals surface area contributed by atoms with E-state index < -0.39 is 0 Å². The van der Waals surface area contributed by atoms with Crippen LogP contribution in [-0.2, 0) is 4.79 Å². The number of carbonyl (C=O) groups is 1. The molecule has 1 aromatic carbocycles. The lowest BCUT2D eigenvalue weighted by molar-refractivity contribution is -0.117. The Morgan fingerprint density at radius 1 is 1.29 bits per heavy atom. The van der Waals surface area contributed by atoms with Crippen LogP contribution in [0, 0.1) is 0 Å². The highest BCUT2D eigenvalue weighted by Gasteiger charge is 2.34. The van der Waals surface area contributed by atoms with E-state index in [4.69, 9.17) is 0 Å². The zero-order valence-corrected chi connectivity index (χ0v) is 9.09. The number of thioether (sulfide) groups is 1. The number of ketones is 1. The van der Waals surface area contributed by atoms with Crippen molar-refractivity contribution < 1.29 is 4.79 Å². The molecule has 1 saturated carbocycles. The Bertz CT molecular complexity index is 320. The Morgan fingerprint density at radius 3 is 2.64 bits per heavy atom.